The topological polar surface area (TPSA) is 27.7 Å². The Balaban J connectivity index is 1.56. The summed E-state index contributed by atoms with van der Waals surface area (Å²) in [6, 6.07) is 0.668. The van der Waals surface area contributed by atoms with E-state index in [-0.39, 0.29) is 0 Å². The number of rotatable bonds is 4. The monoisotopic (exact) mass is 279 g/mol. The molecule has 2 rings (SSSR count). The van der Waals surface area contributed by atoms with Gasteiger partial charge in [-0.15, -0.1) is 0 Å². The molecule has 0 radical (unpaired) electrons. The summed E-state index contributed by atoms with van der Waals surface area (Å²) in [5.41, 5.74) is 0. The van der Waals surface area contributed by atoms with E-state index in [9.17, 15) is 0 Å². The summed E-state index contributed by atoms with van der Waals surface area (Å²) in [7, 11) is 0. The molecule has 0 atom stereocenters. The van der Waals surface area contributed by atoms with Crippen LogP contribution in [0.2, 0.25) is 0 Å². The van der Waals surface area contributed by atoms with Crippen LogP contribution in [0.4, 0.5) is 0 Å². The fourth-order valence-corrected chi connectivity index (χ4v) is 2.78. The van der Waals surface area contributed by atoms with Crippen LogP contribution in [-0.4, -0.2) is 74.4 Å². The number of hydrogen-bond donors (Lipinski definition) is 1. The van der Waals surface area contributed by atoms with E-state index < -0.39 is 0 Å². The van der Waals surface area contributed by atoms with E-state index in [1.165, 1.54) is 13.1 Å². The first-order chi connectivity index (χ1) is 9.75. The van der Waals surface area contributed by atoms with E-state index in [2.05, 4.69) is 40.8 Å². The van der Waals surface area contributed by atoms with Gasteiger partial charge in [0.25, 0.3) is 0 Å². The second-order valence-electron chi connectivity index (χ2n) is 6.02. The largest absolute Gasteiger partial charge is 0.365 e. The highest BCUT2D eigenvalue weighted by Gasteiger charge is 2.17. The molecular formula is C16H29N3O. The van der Waals surface area contributed by atoms with E-state index in [0.29, 0.717) is 18.8 Å². The molecule has 2 fully saturated rings. The van der Waals surface area contributed by atoms with Crippen molar-refractivity contribution in [3.8, 4) is 11.8 Å². The highest BCUT2D eigenvalue weighted by molar-refractivity contribution is 5.02. The molecule has 0 aromatic heterocycles. The normalized spacial score (nSPS) is 22.8. The van der Waals surface area contributed by atoms with E-state index in [0.717, 1.165) is 45.6 Å². The number of nitrogens with one attached hydrogen (secondary N) is 1. The van der Waals surface area contributed by atoms with Gasteiger partial charge in [0.05, 0.1) is 12.6 Å². The molecule has 4 nitrogen and oxygen atoms in total. The van der Waals surface area contributed by atoms with Crippen LogP contribution in [0.15, 0.2) is 0 Å². The zero-order chi connectivity index (χ0) is 14.2. The van der Waals surface area contributed by atoms with Gasteiger partial charge in [0.2, 0.25) is 0 Å². The lowest BCUT2D eigenvalue weighted by molar-refractivity contribution is 0.0547. The molecule has 0 bridgehead atoms. The molecule has 0 aliphatic carbocycles. The van der Waals surface area contributed by atoms with Gasteiger partial charge in [0.1, 0.15) is 6.61 Å². The molecule has 0 spiro atoms. The maximum absolute atomic E-state index is 5.78. The van der Waals surface area contributed by atoms with Crippen molar-refractivity contribution in [3.05, 3.63) is 0 Å². The molecule has 0 saturated carbocycles. The van der Waals surface area contributed by atoms with Gasteiger partial charge in [-0.2, -0.15) is 0 Å². The molecule has 2 aliphatic heterocycles. The van der Waals surface area contributed by atoms with Crippen molar-refractivity contribution in [1.82, 2.24) is 15.1 Å². The van der Waals surface area contributed by atoms with E-state index in [4.69, 9.17) is 4.74 Å². The minimum atomic E-state index is 0.417. The Labute approximate surface area is 123 Å². The second-order valence-corrected chi connectivity index (χ2v) is 6.02. The maximum Gasteiger partial charge on any atom is 0.108 e. The van der Waals surface area contributed by atoms with Gasteiger partial charge in [-0.05, 0) is 39.8 Å². The van der Waals surface area contributed by atoms with Gasteiger partial charge < -0.3 is 10.1 Å². The molecule has 114 valence electrons. The molecule has 0 amide bonds. The van der Waals surface area contributed by atoms with Crippen molar-refractivity contribution in [2.75, 3.05) is 52.4 Å². The average Bonchev–Trinajstić information content (AvgIpc) is 2.48. The Bertz CT molecular complexity index is 320. The molecule has 4 heteroatoms. The van der Waals surface area contributed by atoms with Crippen LogP contribution < -0.4 is 5.32 Å². The Morgan fingerprint density at radius 1 is 1.10 bits per heavy atom. The number of piperazine rings is 1. The lowest BCUT2D eigenvalue weighted by Crippen LogP contribution is -2.48. The molecule has 0 aromatic carbocycles. The van der Waals surface area contributed by atoms with E-state index >= 15 is 0 Å². The smallest absolute Gasteiger partial charge is 0.108 e. The molecule has 2 aliphatic rings. The highest BCUT2D eigenvalue weighted by atomic mass is 16.5. The second kappa shape index (κ2) is 8.63. The third kappa shape index (κ3) is 5.41. The number of piperidine rings is 1. The first-order valence-electron chi connectivity index (χ1n) is 8.00. The molecule has 0 unspecified atom stereocenters. The molecular weight excluding hydrogens is 250 g/mol. The van der Waals surface area contributed by atoms with Gasteiger partial charge in [-0.1, -0.05) is 11.8 Å². The Morgan fingerprint density at radius 2 is 1.80 bits per heavy atom. The Kier molecular flexibility index (Phi) is 6.81. The number of hydrogen-bond acceptors (Lipinski definition) is 4. The summed E-state index contributed by atoms with van der Waals surface area (Å²) in [5, 5.41) is 3.34. The number of ether oxygens (including phenoxy) is 1. The summed E-state index contributed by atoms with van der Waals surface area (Å²) < 4.78 is 5.78. The van der Waals surface area contributed by atoms with Gasteiger partial charge in [0.15, 0.2) is 0 Å². The minimum Gasteiger partial charge on any atom is -0.365 e. The number of nitrogens with zero attached hydrogens (tertiary/aromatic N) is 2. The van der Waals surface area contributed by atoms with Crippen molar-refractivity contribution >= 4 is 0 Å². The maximum atomic E-state index is 5.78. The van der Waals surface area contributed by atoms with Crippen LogP contribution in [0, 0.1) is 11.8 Å². The van der Waals surface area contributed by atoms with Crippen LogP contribution in [0.3, 0.4) is 0 Å². The van der Waals surface area contributed by atoms with E-state index in [1.807, 2.05) is 0 Å². The fourth-order valence-electron chi connectivity index (χ4n) is 2.78. The van der Waals surface area contributed by atoms with Gasteiger partial charge in [-0.3, -0.25) is 9.80 Å². The van der Waals surface area contributed by atoms with Crippen molar-refractivity contribution in [2.24, 2.45) is 0 Å². The molecule has 1 N–H and O–H groups in total. The zero-order valence-corrected chi connectivity index (χ0v) is 13.0. The third-order valence-electron chi connectivity index (χ3n) is 4.24. The fraction of sp³-hybridized carbons (Fsp3) is 0.875. The summed E-state index contributed by atoms with van der Waals surface area (Å²) >= 11 is 0. The first-order valence-corrected chi connectivity index (χ1v) is 8.00. The molecule has 2 heterocycles. The third-order valence-corrected chi connectivity index (χ3v) is 4.24. The molecule has 20 heavy (non-hydrogen) atoms. The molecule has 0 aromatic rings. The first kappa shape index (κ1) is 15.8. The van der Waals surface area contributed by atoms with Crippen LogP contribution in [-0.2, 0) is 4.74 Å². The average molecular weight is 279 g/mol. The highest BCUT2D eigenvalue weighted by Crippen LogP contribution is 2.06. The van der Waals surface area contributed by atoms with Gasteiger partial charge in [0, 0.05) is 32.2 Å². The van der Waals surface area contributed by atoms with Crippen LogP contribution in [0.25, 0.3) is 0 Å². The van der Waals surface area contributed by atoms with Crippen molar-refractivity contribution in [1.29, 1.82) is 0 Å². The van der Waals surface area contributed by atoms with Gasteiger partial charge >= 0.3 is 0 Å². The summed E-state index contributed by atoms with van der Waals surface area (Å²) in [6.45, 7) is 12.8. The standard InChI is InChI=1S/C16H29N3O/c1-15(2)19-12-10-18(11-13-19)9-3-4-14-20-16-5-7-17-8-6-16/h15-17H,5-14H2,1-2H3. The summed E-state index contributed by atoms with van der Waals surface area (Å²) in [4.78, 5) is 4.97. The van der Waals surface area contributed by atoms with Crippen LogP contribution in [0.5, 0.6) is 0 Å². The minimum absolute atomic E-state index is 0.417. The Hall–Kier alpha value is -0.600. The van der Waals surface area contributed by atoms with Crippen molar-refractivity contribution in [2.45, 2.75) is 38.8 Å². The predicted octanol–water partition coefficient (Wildman–Crippen LogP) is 0.784. The summed E-state index contributed by atoms with van der Waals surface area (Å²) in [6.07, 6.45) is 2.66. The van der Waals surface area contributed by atoms with Crippen molar-refractivity contribution in [3.63, 3.8) is 0 Å². The Morgan fingerprint density at radius 3 is 2.45 bits per heavy atom. The summed E-state index contributed by atoms with van der Waals surface area (Å²) in [5.74, 6) is 6.42. The zero-order valence-electron chi connectivity index (χ0n) is 13.0. The predicted molar refractivity (Wildman–Crippen MR) is 82.8 cm³/mol. The van der Waals surface area contributed by atoms with Crippen molar-refractivity contribution < 1.29 is 4.74 Å². The lowest BCUT2D eigenvalue weighted by Gasteiger charge is -2.36. The van der Waals surface area contributed by atoms with Crippen LogP contribution in [0.1, 0.15) is 26.7 Å². The van der Waals surface area contributed by atoms with E-state index in [1.54, 1.807) is 0 Å². The SMILES string of the molecule is CC(C)N1CCN(CC#CCOC2CCNCC2)CC1. The van der Waals surface area contributed by atoms with Crippen LogP contribution >= 0.6 is 0 Å². The van der Waals surface area contributed by atoms with Gasteiger partial charge in [-0.25, -0.2) is 0 Å². The quantitative estimate of drug-likeness (QED) is 0.770. The molecule has 2 saturated heterocycles. The lowest BCUT2D eigenvalue weighted by atomic mass is 10.1.